The number of hydrogen-bond acceptors (Lipinski definition) is 5. The van der Waals surface area contributed by atoms with Crippen LogP contribution in [-0.4, -0.2) is 28.2 Å². The van der Waals surface area contributed by atoms with E-state index in [4.69, 9.17) is 0 Å². The number of rotatable bonds is 6. The Balaban J connectivity index is 1.74. The van der Waals surface area contributed by atoms with Crippen LogP contribution in [0, 0.1) is 0 Å². The molecule has 23 heavy (non-hydrogen) atoms. The van der Waals surface area contributed by atoms with Gasteiger partial charge in [0.05, 0.1) is 16.0 Å². The predicted octanol–water partition coefficient (Wildman–Crippen LogP) is 4.00. The minimum Gasteiger partial charge on any atom is -0.308 e. The van der Waals surface area contributed by atoms with Gasteiger partial charge < -0.3 is 4.90 Å². The molecule has 0 bridgehead atoms. The van der Waals surface area contributed by atoms with Crippen molar-refractivity contribution in [3.8, 4) is 0 Å². The molecule has 0 spiro atoms. The summed E-state index contributed by atoms with van der Waals surface area (Å²) in [6, 6.07) is 11.6. The Kier molecular flexibility index (Phi) is 5.05. The molecule has 0 atom stereocenters. The maximum absolute atomic E-state index is 12.6. The van der Waals surface area contributed by atoms with Crippen molar-refractivity contribution in [1.82, 2.24) is 9.97 Å². The summed E-state index contributed by atoms with van der Waals surface area (Å²) in [7, 11) is 0. The van der Waals surface area contributed by atoms with E-state index in [1.54, 1.807) is 28.6 Å². The van der Waals surface area contributed by atoms with Crippen molar-refractivity contribution in [3.63, 3.8) is 0 Å². The number of anilines is 1. The van der Waals surface area contributed by atoms with Gasteiger partial charge in [-0.25, -0.2) is 9.97 Å². The lowest BCUT2D eigenvalue weighted by Crippen LogP contribution is -2.32. The van der Waals surface area contributed by atoms with Crippen LogP contribution in [-0.2, 0) is 4.79 Å². The van der Waals surface area contributed by atoms with Crippen molar-refractivity contribution in [3.05, 3.63) is 60.8 Å². The summed E-state index contributed by atoms with van der Waals surface area (Å²) >= 11 is 3.04. The lowest BCUT2D eigenvalue weighted by Gasteiger charge is -2.21. The molecule has 0 N–H and O–H groups in total. The molecule has 0 aliphatic carbocycles. The Morgan fingerprint density at radius 3 is 2.87 bits per heavy atom. The van der Waals surface area contributed by atoms with Gasteiger partial charge in [-0.1, -0.05) is 36.0 Å². The molecule has 0 unspecified atom stereocenters. The van der Waals surface area contributed by atoms with E-state index in [1.165, 1.54) is 11.8 Å². The number of amides is 1. The summed E-state index contributed by atoms with van der Waals surface area (Å²) in [6.45, 7) is 4.23. The molecule has 3 aromatic rings. The molecule has 0 aliphatic heterocycles. The third kappa shape index (κ3) is 3.60. The molecule has 0 saturated carbocycles. The van der Waals surface area contributed by atoms with Crippen LogP contribution in [0.3, 0.4) is 0 Å². The van der Waals surface area contributed by atoms with Crippen LogP contribution in [0.4, 0.5) is 5.69 Å². The van der Waals surface area contributed by atoms with E-state index in [0.29, 0.717) is 12.3 Å². The van der Waals surface area contributed by atoms with E-state index in [-0.39, 0.29) is 5.91 Å². The van der Waals surface area contributed by atoms with Gasteiger partial charge in [0.2, 0.25) is 5.91 Å². The quantitative estimate of drug-likeness (QED) is 0.386. The summed E-state index contributed by atoms with van der Waals surface area (Å²) < 4.78 is 1.03. The first-order valence-electron chi connectivity index (χ1n) is 7.07. The fourth-order valence-electron chi connectivity index (χ4n) is 2.17. The molecule has 2 heterocycles. The van der Waals surface area contributed by atoms with Gasteiger partial charge in [-0.15, -0.1) is 17.9 Å². The topological polar surface area (TPSA) is 46.1 Å². The van der Waals surface area contributed by atoms with Crippen molar-refractivity contribution >= 4 is 44.9 Å². The number of carbonyl (C=O) groups is 1. The highest BCUT2D eigenvalue weighted by Crippen LogP contribution is 2.29. The average Bonchev–Trinajstić information content (AvgIpc) is 3.07. The van der Waals surface area contributed by atoms with E-state index in [9.17, 15) is 4.79 Å². The fraction of sp³-hybridized carbons (Fsp3) is 0.118. The second-order valence-electron chi connectivity index (χ2n) is 4.73. The molecule has 116 valence electrons. The van der Waals surface area contributed by atoms with Crippen molar-refractivity contribution in [1.29, 1.82) is 0 Å². The number of hydrogen-bond donors (Lipinski definition) is 0. The second-order valence-corrected chi connectivity index (χ2v) is 6.61. The van der Waals surface area contributed by atoms with E-state index in [2.05, 4.69) is 16.5 Å². The van der Waals surface area contributed by atoms with Gasteiger partial charge in [-0.05, 0) is 23.6 Å². The number of thioether (sulfide) groups is 1. The maximum Gasteiger partial charge on any atom is 0.237 e. The molecule has 0 radical (unpaired) electrons. The van der Waals surface area contributed by atoms with Crippen LogP contribution < -0.4 is 4.90 Å². The minimum absolute atomic E-state index is 0.0319. The standard InChI is InChI=1S/C17H15N3OS2/c1-2-9-20(13-6-4-3-5-7-13)15(21)11-23-17-16-14(8-10-22-16)18-12-19-17/h2-8,10,12H,1,9,11H2. The van der Waals surface area contributed by atoms with Crippen LogP contribution in [0.1, 0.15) is 0 Å². The zero-order valence-electron chi connectivity index (χ0n) is 12.4. The number of nitrogens with zero attached hydrogens (tertiary/aromatic N) is 3. The van der Waals surface area contributed by atoms with Crippen molar-refractivity contribution in [2.45, 2.75) is 5.03 Å². The molecular weight excluding hydrogens is 326 g/mol. The first-order valence-corrected chi connectivity index (χ1v) is 8.93. The zero-order chi connectivity index (χ0) is 16.1. The summed E-state index contributed by atoms with van der Waals surface area (Å²) in [6.07, 6.45) is 3.28. The largest absolute Gasteiger partial charge is 0.308 e. The average molecular weight is 341 g/mol. The monoisotopic (exact) mass is 341 g/mol. The SMILES string of the molecule is C=CCN(C(=O)CSc1ncnc2ccsc12)c1ccccc1. The van der Waals surface area contributed by atoms with Crippen LogP contribution in [0.25, 0.3) is 10.2 Å². The van der Waals surface area contributed by atoms with Crippen LogP contribution in [0.15, 0.2) is 65.8 Å². The maximum atomic E-state index is 12.6. The lowest BCUT2D eigenvalue weighted by molar-refractivity contribution is -0.116. The Bertz CT molecular complexity index is 817. The summed E-state index contributed by atoms with van der Waals surface area (Å²) in [5, 5.41) is 2.84. The molecule has 1 amide bonds. The molecule has 1 aromatic carbocycles. The van der Waals surface area contributed by atoms with Gasteiger partial charge in [-0.2, -0.15) is 0 Å². The molecule has 0 aliphatic rings. The van der Waals surface area contributed by atoms with Crippen LogP contribution >= 0.6 is 23.1 Å². The second kappa shape index (κ2) is 7.39. The molecule has 0 fully saturated rings. The number of para-hydroxylation sites is 1. The molecule has 3 rings (SSSR count). The highest BCUT2D eigenvalue weighted by atomic mass is 32.2. The van der Waals surface area contributed by atoms with Gasteiger partial charge >= 0.3 is 0 Å². The smallest absolute Gasteiger partial charge is 0.237 e. The number of benzene rings is 1. The van der Waals surface area contributed by atoms with Crippen LogP contribution in [0.2, 0.25) is 0 Å². The minimum atomic E-state index is 0.0319. The van der Waals surface area contributed by atoms with Gasteiger partial charge in [0.1, 0.15) is 11.4 Å². The normalized spacial score (nSPS) is 10.6. The Morgan fingerprint density at radius 2 is 2.09 bits per heavy atom. The van der Waals surface area contributed by atoms with Gasteiger partial charge in [0.25, 0.3) is 0 Å². The number of thiophene rings is 1. The summed E-state index contributed by atoms with van der Waals surface area (Å²) in [5.41, 5.74) is 1.80. The van der Waals surface area contributed by atoms with E-state index in [0.717, 1.165) is 20.9 Å². The van der Waals surface area contributed by atoms with E-state index < -0.39 is 0 Å². The van der Waals surface area contributed by atoms with E-state index >= 15 is 0 Å². The summed E-state index contributed by atoms with van der Waals surface area (Å²) in [5.74, 6) is 0.358. The predicted molar refractivity (Wildman–Crippen MR) is 97.1 cm³/mol. The van der Waals surface area contributed by atoms with Gasteiger partial charge in [0, 0.05) is 12.2 Å². The molecule has 4 nitrogen and oxygen atoms in total. The molecule has 0 saturated heterocycles. The highest BCUT2D eigenvalue weighted by Gasteiger charge is 2.16. The van der Waals surface area contributed by atoms with Gasteiger partial charge in [0.15, 0.2) is 0 Å². The van der Waals surface area contributed by atoms with E-state index in [1.807, 2.05) is 41.8 Å². The molecule has 2 aromatic heterocycles. The first kappa shape index (κ1) is 15.7. The highest BCUT2D eigenvalue weighted by molar-refractivity contribution is 8.00. The third-order valence-electron chi connectivity index (χ3n) is 3.22. The van der Waals surface area contributed by atoms with Crippen molar-refractivity contribution in [2.75, 3.05) is 17.2 Å². The first-order chi connectivity index (χ1) is 11.3. The van der Waals surface area contributed by atoms with Crippen molar-refractivity contribution < 1.29 is 4.79 Å². The zero-order valence-corrected chi connectivity index (χ0v) is 14.0. The van der Waals surface area contributed by atoms with Crippen LogP contribution in [0.5, 0.6) is 0 Å². The Labute approximate surface area is 142 Å². The number of fused-ring (bicyclic) bond motifs is 1. The molecule has 6 heteroatoms. The fourth-order valence-corrected chi connectivity index (χ4v) is 3.99. The Hall–Kier alpha value is -2.18. The van der Waals surface area contributed by atoms with Crippen molar-refractivity contribution in [2.24, 2.45) is 0 Å². The number of aromatic nitrogens is 2. The third-order valence-corrected chi connectivity index (χ3v) is 5.24. The Morgan fingerprint density at radius 1 is 1.26 bits per heavy atom. The molecular formula is C17H15N3OS2. The summed E-state index contributed by atoms with van der Waals surface area (Å²) in [4.78, 5) is 22.8. The lowest BCUT2D eigenvalue weighted by atomic mass is 10.3. The van der Waals surface area contributed by atoms with Gasteiger partial charge in [-0.3, -0.25) is 4.79 Å². The number of carbonyl (C=O) groups excluding carboxylic acids is 1.